The number of anilines is 3. The lowest BCUT2D eigenvalue weighted by molar-refractivity contribution is -0.112. The summed E-state index contributed by atoms with van der Waals surface area (Å²) in [6.45, 7) is 15.4. The number of nitrogens with zero attached hydrogens (tertiary/aromatic N) is 3. The lowest BCUT2D eigenvalue weighted by Gasteiger charge is -2.17. The Morgan fingerprint density at radius 1 is 1.15 bits per heavy atom. The number of nitrogens with one attached hydrogen (secondary N) is 4. The number of hydrogen-bond donors (Lipinski definition) is 5. The number of aryl methyl sites for hydroxylation is 1. The fourth-order valence-electron chi connectivity index (χ4n) is 3.48. The molecule has 226 valence electrons. The number of rotatable bonds is 11. The van der Waals surface area contributed by atoms with E-state index in [1.807, 2.05) is 73.7 Å². The largest absolute Gasteiger partial charge is 0.388 e. The van der Waals surface area contributed by atoms with Crippen LogP contribution in [0.2, 0.25) is 0 Å². The zero-order chi connectivity index (χ0) is 31.4. The Balaban J connectivity index is 0.00000411. The van der Waals surface area contributed by atoms with Crippen LogP contribution in [0.5, 0.6) is 0 Å². The van der Waals surface area contributed by atoms with E-state index in [1.54, 1.807) is 42.0 Å². The molecular weight excluding hydrogens is 544 g/mol. The van der Waals surface area contributed by atoms with Gasteiger partial charge >= 0.3 is 6.03 Å². The summed E-state index contributed by atoms with van der Waals surface area (Å²) >= 11 is 0. The Kier molecular flexibility index (Phi) is 13.5. The van der Waals surface area contributed by atoms with Gasteiger partial charge in [0.05, 0.1) is 17.9 Å². The van der Waals surface area contributed by atoms with Crippen molar-refractivity contribution in [2.75, 3.05) is 29.5 Å². The summed E-state index contributed by atoms with van der Waals surface area (Å²) in [6.07, 6.45) is 7.24. The van der Waals surface area contributed by atoms with Gasteiger partial charge in [-0.1, -0.05) is 56.8 Å². The minimum Gasteiger partial charge on any atom is -0.388 e. The zero-order valence-corrected chi connectivity index (χ0v) is 26.2. The molecule has 12 nitrogen and oxygen atoms in total. The number of nitrogens with two attached hydrogens (primary N) is 1. The molecule has 0 saturated heterocycles. The first kappa shape index (κ1) is 35.1. The second-order valence-electron chi connectivity index (χ2n) is 9.84. The van der Waals surface area contributed by atoms with E-state index in [0.717, 1.165) is 16.9 Å². The fourth-order valence-corrected chi connectivity index (χ4v) is 4.05. The first-order chi connectivity index (χ1) is 19.2. The molecule has 0 saturated carbocycles. The van der Waals surface area contributed by atoms with Crippen LogP contribution in [0.3, 0.4) is 0 Å². The number of carbonyl (C=O) groups is 2. The van der Waals surface area contributed by atoms with Gasteiger partial charge in [-0.25, -0.2) is 14.6 Å². The van der Waals surface area contributed by atoms with Gasteiger partial charge in [-0.3, -0.25) is 15.5 Å². The maximum absolute atomic E-state index is 12.9. The molecule has 0 fully saturated rings. The molecule has 2 rings (SSSR count). The summed E-state index contributed by atoms with van der Waals surface area (Å²) in [5.41, 5.74) is 6.28. The van der Waals surface area contributed by atoms with Crippen LogP contribution in [-0.2, 0) is 20.4 Å². The third-order valence-corrected chi connectivity index (χ3v) is 6.34. The van der Waals surface area contributed by atoms with E-state index < -0.39 is 16.2 Å². The molecule has 6 N–H and O–H groups in total. The van der Waals surface area contributed by atoms with E-state index in [0.29, 0.717) is 27.2 Å². The van der Waals surface area contributed by atoms with Crippen LogP contribution in [0.15, 0.2) is 54.1 Å². The quantitative estimate of drug-likeness (QED) is 0.145. The van der Waals surface area contributed by atoms with Gasteiger partial charge in [-0.05, 0) is 56.7 Å². The lowest BCUT2D eigenvalue weighted by atomic mass is 9.92. The van der Waals surface area contributed by atoms with Gasteiger partial charge in [0, 0.05) is 29.9 Å². The molecular formula is C28H44N8O4S. The number of benzene rings is 1. The molecule has 0 spiro atoms. The molecule has 1 heterocycles. The highest BCUT2D eigenvalue weighted by Crippen LogP contribution is 2.27. The van der Waals surface area contributed by atoms with E-state index in [-0.39, 0.29) is 18.4 Å². The fraction of sp³-hybridized carbons (Fsp3) is 0.393. The third kappa shape index (κ3) is 10.9. The van der Waals surface area contributed by atoms with Crippen molar-refractivity contribution in [1.29, 1.82) is 0 Å². The van der Waals surface area contributed by atoms with Crippen molar-refractivity contribution in [2.45, 2.75) is 60.8 Å². The van der Waals surface area contributed by atoms with Crippen LogP contribution in [-0.4, -0.2) is 48.6 Å². The highest BCUT2D eigenvalue weighted by atomic mass is 32.2. The summed E-state index contributed by atoms with van der Waals surface area (Å²) in [5.74, 6) is 0.435. The lowest BCUT2D eigenvalue weighted by Crippen LogP contribution is -2.46. The molecule has 2 aromatic rings. The minimum atomic E-state index is -4.15. The predicted octanol–water partition coefficient (Wildman–Crippen LogP) is 4.73. The Labute approximate surface area is 243 Å². The van der Waals surface area contributed by atoms with Crippen molar-refractivity contribution in [2.24, 2.45) is 5.14 Å². The molecule has 0 aliphatic heterocycles. The van der Waals surface area contributed by atoms with Crippen LogP contribution in [0, 0.1) is 6.92 Å². The van der Waals surface area contributed by atoms with Gasteiger partial charge in [0.15, 0.2) is 0 Å². The normalized spacial score (nSPS) is 12.6. The van der Waals surface area contributed by atoms with E-state index in [9.17, 15) is 18.0 Å². The minimum absolute atomic E-state index is 0.164. The molecule has 0 radical (unpaired) electrons. The average Bonchev–Trinajstić information content (AvgIpc) is 3.31. The number of aromatic nitrogens is 2. The number of amides is 3. The van der Waals surface area contributed by atoms with Gasteiger partial charge in [0.25, 0.3) is 10.2 Å². The van der Waals surface area contributed by atoms with Crippen LogP contribution < -0.4 is 26.5 Å². The van der Waals surface area contributed by atoms with Crippen molar-refractivity contribution >= 4 is 45.5 Å². The number of hydrazine groups is 1. The second-order valence-corrected chi connectivity index (χ2v) is 11.3. The Morgan fingerprint density at radius 2 is 1.80 bits per heavy atom. The zero-order valence-electron chi connectivity index (χ0n) is 25.4. The van der Waals surface area contributed by atoms with Gasteiger partial charge < -0.3 is 10.6 Å². The smallest absolute Gasteiger partial charge is 0.324 e. The first-order valence-electron chi connectivity index (χ1n) is 13.2. The van der Waals surface area contributed by atoms with E-state index in [4.69, 9.17) is 10.2 Å². The Hall–Kier alpha value is -3.94. The summed E-state index contributed by atoms with van der Waals surface area (Å²) in [5, 5.41) is 18.7. The highest BCUT2D eigenvalue weighted by Gasteiger charge is 2.22. The van der Waals surface area contributed by atoms with Crippen LogP contribution >= 0.6 is 0 Å². The first-order valence-corrected chi connectivity index (χ1v) is 14.7. The van der Waals surface area contributed by atoms with Crippen LogP contribution in [0.25, 0.3) is 5.70 Å². The number of carbonyl (C=O) groups excluding carboxylic acids is 2. The maximum atomic E-state index is 12.9. The predicted molar refractivity (Wildman–Crippen MR) is 167 cm³/mol. The second kappa shape index (κ2) is 15.7. The summed E-state index contributed by atoms with van der Waals surface area (Å²) in [7, 11) is -2.31. The van der Waals surface area contributed by atoms with Crippen molar-refractivity contribution in [3.63, 3.8) is 0 Å². The molecule has 0 aliphatic rings. The van der Waals surface area contributed by atoms with Gasteiger partial charge in [0.2, 0.25) is 6.41 Å². The summed E-state index contributed by atoms with van der Waals surface area (Å²) in [4.78, 5) is 23.7. The molecule has 0 unspecified atom stereocenters. The van der Waals surface area contributed by atoms with Gasteiger partial charge in [0.1, 0.15) is 5.82 Å². The third-order valence-electron chi connectivity index (χ3n) is 5.49. The topological polar surface area (TPSA) is 163 Å². The van der Waals surface area contributed by atoms with Crippen LogP contribution in [0.4, 0.5) is 22.0 Å². The highest BCUT2D eigenvalue weighted by molar-refractivity contribution is 7.86. The van der Waals surface area contributed by atoms with Crippen molar-refractivity contribution in [3.8, 4) is 0 Å². The monoisotopic (exact) mass is 588 g/mol. The Morgan fingerprint density at radius 3 is 2.32 bits per heavy atom. The molecule has 41 heavy (non-hydrogen) atoms. The molecule has 0 atom stereocenters. The molecule has 1 aromatic carbocycles. The molecule has 1 aromatic heterocycles. The van der Waals surface area contributed by atoms with E-state index in [2.05, 4.69) is 21.4 Å². The SMILES string of the molecule is CC.C\C=C/C(=C\C=C(/C)CN(NC=O)S(N)(=O)=O)n1nc(C(C)(C)C)cc1NC(=O)Nc1ccc(NC)c(C)c1. The molecule has 0 bridgehead atoms. The van der Waals surface area contributed by atoms with Gasteiger partial charge in [-0.2, -0.15) is 13.5 Å². The maximum Gasteiger partial charge on any atom is 0.324 e. The molecule has 13 heteroatoms. The number of urea groups is 1. The number of hydrogen-bond acceptors (Lipinski definition) is 6. The van der Waals surface area contributed by atoms with E-state index >= 15 is 0 Å². The molecule has 3 amide bonds. The summed E-state index contributed by atoms with van der Waals surface area (Å²) < 4.78 is 25.6. The van der Waals surface area contributed by atoms with Crippen molar-refractivity contribution in [3.05, 3.63) is 65.4 Å². The average molecular weight is 589 g/mol. The Bertz CT molecular complexity index is 1390. The number of allylic oxidation sites excluding steroid dienone is 5. The van der Waals surface area contributed by atoms with Crippen molar-refractivity contribution in [1.82, 2.24) is 19.6 Å². The van der Waals surface area contributed by atoms with Crippen LogP contribution in [0.1, 0.15) is 59.7 Å². The molecule has 0 aliphatic carbocycles. The summed E-state index contributed by atoms with van der Waals surface area (Å²) in [6, 6.07) is 6.92. The van der Waals surface area contributed by atoms with Crippen molar-refractivity contribution < 1.29 is 18.0 Å². The van der Waals surface area contributed by atoms with Gasteiger partial charge in [-0.15, -0.1) is 0 Å². The van der Waals surface area contributed by atoms with E-state index in [1.165, 1.54) is 0 Å². The standard InChI is InChI=1S/C26H38N8O4S.C2H6/c1-8-9-21(12-10-18(2)16-33(29-17-35)39(27,37)38)34-24(15-23(32-34)26(4,5)6)31-25(36)30-20-11-13-22(28-7)19(3)14-20;1-2/h8-15,17,28H,16H2,1-7H3,(H,29,35)(H2,27,37,38)(H2,30,31,36);1-2H3/b9-8-,18-10+,21-12+;.